The number of rotatable bonds is 12. The van der Waals surface area contributed by atoms with Gasteiger partial charge in [-0.3, -0.25) is 14.4 Å². The van der Waals surface area contributed by atoms with Crippen molar-refractivity contribution in [3.05, 3.63) is 61.2 Å². The summed E-state index contributed by atoms with van der Waals surface area (Å²) in [6, 6.07) is 7.39. The number of hydrogen-bond donors (Lipinski definition) is 1. The molecule has 0 aliphatic carbocycles. The summed E-state index contributed by atoms with van der Waals surface area (Å²) in [6.45, 7) is 19.9. The number of benzene rings is 1. The first-order chi connectivity index (χ1) is 19.7. The van der Waals surface area contributed by atoms with Crippen LogP contribution in [0, 0.1) is 17.3 Å². The maximum atomic E-state index is 15.0. The highest BCUT2D eigenvalue weighted by Crippen LogP contribution is 2.65. The number of ether oxygens (including phenoxy) is 2. The Kier molecular flexibility index (Phi) is 8.83. The van der Waals surface area contributed by atoms with Crippen LogP contribution >= 0.6 is 0 Å². The second kappa shape index (κ2) is 11.6. The molecule has 0 saturated carbocycles. The minimum absolute atomic E-state index is 0.0203. The molecule has 8 heteroatoms. The predicted molar refractivity (Wildman–Crippen MR) is 161 cm³/mol. The predicted octanol–water partition coefficient (Wildman–Crippen LogP) is 4.83. The number of amides is 2. The molecule has 3 aliphatic rings. The van der Waals surface area contributed by atoms with E-state index < -0.39 is 46.6 Å². The molecule has 3 fully saturated rings. The number of aliphatic hydroxyl groups is 1. The van der Waals surface area contributed by atoms with E-state index in [2.05, 4.69) is 33.9 Å². The van der Waals surface area contributed by atoms with Crippen molar-refractivity contribution in [1.29, 1.82) is 0 Å². The van der Waals surface area contributed by atoms with Gasteiger partial charge < -0.3 is 24.4 Å². The van der Waals surface area contributed by atoms with Crippen LogP contribution in [0.4, 0.5) is 0 Å². The van der Waals surface area contributed by atoms with Crippen molar-refractivity contribution in [2.24, 2.45) is 17.3 Å². The van der Waals surface area contributed by atoms with Crippen LogP contribution in [0.25, 0.3) is 0 Å². The van der Waals surface area contributed by atoms with Crippen LogP contribution in [0.5, 0.6) is 0 Å². The molecule has 1 aromatic carbocycles. The van der Waals surface area contributed by atoms with Crippen LogP contribution in [0.1, 0.15) is 78.8 Å². The molecule has 2 unspecified atom stereocenters. The minimum Gasteiger partial charge on any atom is -0.461 e. The molecular formula is C34H48N2O6. The van der Waals surface area contributed by atoms with Crippen molar-refractivity contribution in [3.63, 3.8) is 0 Å². The number of aliphatic hydroxyl groups excluding tert-OH is 1. The number of hydrogen-bond acceptors (Lipinski definition) is 6. The van der Waals surface area contributed by atoms with Crippen LogP contribution in [-0.4, -0.2) is 75.2 Å². The van der Waals surface area contributed by atoms with E-state index in [0.717, 1.165) is 0 Å². The van der Waals surface area contributed by atoms with Crippen LogP contribution in [0.2, 0.25) is 0 Å². The summed E-state index contributed by atoms with van der Waals surface area (Å²) < 4.78 is 12.4. The van der Waals surface area contributed by atoms with Crippen LogP contribution in [-0.2, 0) is 23.9 Å². The van der Waals surface area contributed by atoms with Gasteiger partial charge >= 0.3 is 5.97 Å². The maximum absolute atomic E-state index is 15.0. The molecule has 3 heterocycles. The molecule has 3 aliphatic heterocycles. The van der Waals surface area contributed by atoms with Gasteiger partial charge in [0.15, 0.2) is 0 Å². The Morgan fingerprint density at radius 2 is 1.83 bits per heavy atom. The largest absolute Gasteiger partial charge is 0.461 e. The van der Waals surface area contributed by atoms with E-state index in [1.54, 1.807) is 11.0 Å². The second-order valence-corrected chi connectivity index (χ2v) is 13.9. The first kappa shape index (κ1) is 32.0. The van der Waals surface area contributed by atoms with Crippen molar-refractivity contribution in [2.75, 3.05) is 19.8 Å². The standard InChI is InChI=1S/C34H48N2O6/c1-9-19-35(32(7,8)22-31(4,5)6)29(39)27-34-18-17-33(11-3,42-34)26(30(40)41-20-10-2)25(34)28(38)36(27)24(21-37)23-15-13-12-14-16-23/h9-10,12-16,24-27,37H,1-2,11,17-22H2,3-8H3/t24-,25+,26-,27?,33+,34?/m1/s1. The zero-order valence-corrected chi connectivity index (χ0v) is 26.1. The lowest BCUT2D eigenvalue weighted by molar-refractivity contribution is -0.164. The monoisotopic (exact) mass is 580 g/mol. The van der Waals surface area contributed by atoms with Crippen LogP contribution in [0.3, 0.4) is 0 Å². The Bertz CT molecular complexity index is 1210. The third-order valence-corrected chi connectivity index (χ3v) is 9.41. The van der Waals surface area contributed by atoms with Gasteiger partial charge in [0.25, 0.3) is 0 Å². The number of fused-ring (bicyclic) bond motifs is 1. The van der Waals surface area contributed by atoms with E-state index in [0.29, 0.717) is 31.2 Å². The molecule has 2 bridgehead atoms. The number of esters is 1. The van der Waals surface area contributed by atoms with E-state index in [-0.39, 0.29) is 37.0 Å². The van der Waals surface area contributed by atoms with E-state index >= 15 is 4.79 Å². The Hall–Kier alpha value is -2.97. The molecule has 1 spiro atoms. The van der Waals surface area contributed by atoms with Gasteiger partial charge in [-0.15, -0.1) is 6.58 Å². The lowest BCUT2D eigenvalue weighted by Gasteiger charge is -2.46. The molecule has 230 valence electrons. The summed E-state index contributed by atoms with van der Waals surface area (Å²) >= 11 is 0. The first-order valence-electron chi connectivity index (χ1n) is 15.1. The summed E-state index contributed by atoms with van der Waals surface area (Å²) in [5.41, 5.74) is -2.11. The molecule has 4 rings (SSSR count). The average Bonchev–Trinajstić information content (AvgIpc) is 3.53. The van der Waals surface area contributed by atoms with Gasteiger partial charge in [0, 0.05) is 12.1 Å². The Morgan fingerprint density at radius 3 is 2.38 bits per heavy atom. The third-order valence-electron chi connectivity index (χ3n) is 9.41. The van der Waals surface area contributed by atoms with E-state index in [1.165, 1.54) is 11.0 Å². The summed E-state index contributed by atoms with van der Waals surface area (Å²) in [5.74, 6) is -2.91. The lowest BCUT2D eigenvalue weighted by Crippen LogP contribution is -2.61. The number of carbonyl (C=O) groups excluding carboxylic acids is 3. The van der Waals surface area contributed by atoms with Crippen LogP contribution < -0.4 is 0 Å². The van der Waals surface area contributed by atoms with Crippen molar-refractivity contribution in [2.45, 2.75) is 96.1 Å². The fraction of sp³-hybridized carbons (Fsp3) is 0.618. The normalized spacial score (nSPS) is 29.3. The third kappa shape index (κ3) is 5.21. The van der Waals surface area contributed by atoms with Gasteiger partial charge in [-0.05, 0) is 50.5 Å². The zero-order valence-electron chi connectivity index (χ0n) is 26.1. The average molecular weight is 581 g/mol. The molecule has 42 heavy (non-hydrogen) atoms. The van der Waals surface area contributed by atoms with Gasteiger partial charge in [-0.2, -0.15) is 0 Å². The molecule has 6 atom stereocenters. The van der Waals surface area contributed by atoms with Gasteiger partial charge in [0.1, 0.15) is 24.2 Å². The van der Waals surface area contributed by atoms with E-state index in [4.69, 9.17) is 9.47 Å². The molecule has 0 radical (unpaired) electrons. The van der Waals surface area contributed by atoms with Crippen LogP contribution in [0.15, 0.2) is 55.6 Å². The fourth-order valence-corrected chi connectivity index (χ4v) is 8.20. The Balaban J connectivity index is 1.90. The second-order valence-electron chi connectivity index (χ2n) is 13.9. The highest BCUT2D eigenvalue weighted by molar-refractivity contribution is 5.99. The van der Waals surface area contributed by atoms with Crippen molar-refractivity contribution >= 4 is 17.8 Å². The highest BCUT2D eigenvalue weighted by Gasteiger charge is 2.80. The summed E-state index contributed by atoms with van der Waals surface area (Å²) in [7, 11) is 0. The number of nitrogens with zero attached hydrogens (tertiary/aromatic N) is 2. The van der Waals surface area contributed by atoms with Crippen molar-refractivity contribution in [3.8, 4) is 0 Å². The smallest absolute Gasteiger partial charge is 0.313 e. The topological polar surface area (TPSA) is 96.4 Å². The summed E-state index contributed by atoms with van der Waals surface area (Å²) in [6.07, 6.45) is 5.38. The molecule has 2 amide bonds. The van der Waals surface area contributed by atoms with Crippen molar-refractivity contribution in [1.82, 2.24) is 9.80 Å². The summed E-state index contributed by atoms with van der Waals surface area (Å²) in [5, 5.41) is 10.8. The first-order valence-corrected chi connectivity index (χ1v) is 15.1. The van der Waals surface area contributed by atoms with Crippen molar-refractivity contribution < 1.29 is 29.0 Å². The van der Waals surface area contributed by atoms with E-state index in [1.807, 2.05) is 51.1 Å². The summed E-state index contributed by atoms with van der Waals surface area (Å²) in [4.78, 5) is 46.6. The van der Waals surface area contributed by atoms with Gasteiger partial charge in [0.05, 0.1) is 24.2 Å². The molecule has 0 aromatic heterocycles. The highest BCUT2D eigenvalue weighted by atomic mass is 16.6. The Labute approximate surface area is 250 Å². The molecule has 1 aromatic rings. The van der Waals surface area contributed by atoms with Gasteiger partial charge in [-0.1, -0.05) is 76.8 Å². The number of likely N-dealkylation sites (tertiary alicyclic amines) is 1. The Morgan fingerprint density at radius 1 is 1.17 bits per heavy atom. The number of carbonyl (C=O) groups is 3. The lowest BCUT2D eigenvalue weighted by atomic mass is 9.65. The maximum Gasteiger partial charge on any atom is 0.313 e. The molecule has 3 saturated heterocycles. The molecular weight excluding hydrogens is 532 g/mol. The zero-order chi connectivity index (χ0) is 31.1. The van der Waals surface area contributed by atoms with E-state index in [9.17, 15) is 14.7 Å². The van der Waals surface area contributed by atoms with Gasteiger partial charge in [-0.25, -0.2) is 0 Å². The fourth-order valence-electron chi connectivity index (χ4n) is 8.20. The molecule has 1 N–H and O–H groups in total. The quantitative estimate of drug-likeness (QED) is 0.281. The van der Waals surface area contributed by atoms with Gasteiger partial charge in [0.2, 0.25) is 11.8 Å². The molecule has 8 nitrogen and oxygen atoms in total. The SMILES string of the molecule is C=CCOC(=O)[C@H]1[C@H]2C(=O)N([C@H](CO)c3ccccc3)C(C(=O)N(CC=C)C(C)(C)CC(C)(C)C)C23CC[C@]1(CC)O3. The minimum atomic E-state index is -1.23.